The van der Waals surface area contributed by atoms with Crippen molar-refractivity contribution in [3.63, 3.8) is 0 Å². The minimum Gasteiger partial charge on any atom is -0.383 e. The Kier molecular flexibility index (Phi) is 5.06. The third-order valence-electron chi connectivity index (χ3n) is 4.04. The lowest BCUT2D eigenvalue weighted by atomic mass is 10.0. The van der Waals surface area contributed by atoms with Gasteiger partial charge in [0.1, 0.15) is 18.0 Å². The predicted molar refractivity (Wildman–Crippen MR) is 98.3 cm³/mol. The average Bonchev–Trinajstić information content (AvgIpc) is 2.66. The molecular formula is C18H21N5O2. The lowest BCUT2D eigenvalue weighted by Crippen LogP contribution is -2.32. The normalized spacial score (nSPS) is 11.2. The van der Waals surface area contributed by atoms with E-state index in [9.17, 15) is 0 Å². The summed E-state index contributed by atoms with van der Waals surface area (Å²) in [5, 5.41) is 0.751. The monoisotopic (exact) mass is 339 g/mol. The zero-order valence-electron chi connectivity index (χ0n) is 14.5. The van der Waals surface area contributed by atoms with Crippen molar-refractivity contribution < 1.29 is 9.47 Å². The molecular weight excluding hydrogens is 318 g/mol. The number of likely N-dealkylation sites (N-methyl/N-ethyl adjacent to an activating group) is 1. The zero-order valence-corrected chi connectivity index (χ0v) is 14.5. The van der Waals surface area contributed by atoms with E-state index in [0.29, 0.717) is 18.0 Å². The van der Waals surface area contributed by atoms with Gasteiger partial charge in [-0.3, -0.25) is 0 Å². The third-order valence-corrected chi connectivity index (χ3v) is 4.04. The smallest absolute Gasteiger partial charge is 0.174 e. The van der Waals surface area contributed by atoms with Crippen LogP contribution < -0.4 is 10.6 Å². The van der Waals surface area contributed by atoms with E-state index >= 15 is 0 Å². The third kappa shape index (κ3) is 3.52. The van der Waals surface area contributed by atoms with E-state index in [-0.39, 0.29) is 6.29 Å². The van der Waals surface area contributed by atoms with E-state index in [1.807, 2.05) is 48.3 Å². The Balaban J connectivity index is 2.13. The van der Waals surface area contributed by atoms with E-state index in [2.05, 4.69) is 15.0 Å². The van der Waals surface area contributed by atoms with Crippen LogP contribution in [0.25, 0.3) is 22.2 Å². The number of anilines is 2. The molecule has 0 amide bonds. The van der Waals surface area contributed by atoms with Gasteiger partial charge in [-0.2, -0.15) is 0 Å². The SMILES string of the molecule is COC(CN(C)c1cc(-c2ccccc2)c2c(N)ncnc2n1)OC. The van der Waals surface area contributed by atoms with E-state index in [1.54, 1.807) is 14.2 Å². The van der Waals surface area contributed by atoms with Gasteiger partial charge < -0.3 is 20.1 Å². The molecule has 2 heterocycles. The number of nitrogens with two attached hydrogens (primary N) is 1. The van der Waals surface area contributed by atoms with Crippen molar-refractivity contribution in [2.45, 2.75) is 6.29 Å². The first-order valence-corrected chi connectivity index (χ1v) is 7.87. The summed E-state index contributed by atoms with van der Waals surface area (Å²) in [4.78, 5) is 15.0. The Bertz CT molecular complexity index is 853. The van der Waals surface area contributed by atoms with Crippen LogP contribution in [0.2, 0.25) is 0 Å². The van der Waals surface area contributed by atoms with Crippen molar-refractivity contribution in [1.82, 2.24) is 15.0 Å². The number of ether oxygens (including phenoxy) is 2. The molecule has 7 nitrogen and oxygen atoms in total. The fourth-order valence-corrected chi connectivity index (χ4v) is 2.68. The zero-order chi connectivity index (χ0) is 17.8. The van der Waals surface area contributed by atoms with Crippen LogP contribution in [0.5, 0.6) is 0 Å². The first-order valence-electron chi connectivity index (χ1n) is 7.87. The second-order valence-electron chi connectivity index (χ2n) is 5.63. The van der Waals surface area contributed by atoms with Crippen LogP contribution >= 0.6 is 0 Å². The molecule has 0 radical (unpaired) electrons. The van der Waals surface area contributed by atoms with Crippen molar-refractivity contribution in [2.75, 3.05) is 38.4 Å². The predicted octanol–water partition coefficient (Wildman–Crippen LogP) is 2.33. The second kappa shape index (κ2) is 7.42. The second-order valence-corrected chi connectivity index (χ2v) is 5.63. The van der Waals surface area contributed by atoms with Gasteiger partial charge in [-0.05, 0) is 11.6 Å². The van der Waals surface area contributed by atoms with Crippen molar-refractivity contribution in [3.8, 4) is 11.1 Å². The Hall–Kier alpha value is -2.77. The van der Waals surface area contributed by atoms with E-state index < -0.39 is 0 Å². The van der Waals surface area contributed by atoms with Gasteiger partial charge in [0.25, 0.3) is 0 Å². The lowest BCUT2D eigenvalue weighted by molar-refractivity contribution is -0.0944. The Morgan fingerprint density at radius 3 is 2.52 bits per heavy atom. The van der Waals surface area contributed by atoms with E-state index in [4.69, 9.17) is 15.2 Å². The van der Waals surface area contributed by atoms with Crippen LogP contribution in [0.3, 0.4) is 0 Å². The van der Waals surface area contributed by atoms with Crippen LogP contribution in [-0.4, -0.2) is 49.1 Å². The van der Waals surface area contributed by atoms with Crippen molar-refractivity contribution in [3.05, 3.63) is 42.7 Å². The van der Waals surface area contributed by atoms with Gasteiger partial charge >= 0.3 is 0 Å². The first-order chi connectivity index (χ1) is 12.1. The number of hydrogen-bond donors (Lipinski definition) is 1. The first kappa shape index (κ1) is 17.1. The summed E-state index contributed by atoms with van der Waals surface area (Å²) in [6.45, 7) is 0.528. The molecule has 2 aromatic heterocycles. The van der Waals surface area contributed by atoms with Crippen molar-refractivity contribution in [1.29, 1.82) is 0 Å². The highest BCUT2D eigenvalue weighted by Crippen LogP contribution is 2.32. The summed E-state index contributed by atoms with van der Waals surface area (Å²) in [5.74, 6) is 1.17. The summed E-state index contributed by atoms with van der Waals surface area (Å²) < 4.78 is 10.6. The maximum Gasteiger partial charge on any atom is 0.174 e. The number of pyridine rings is 1. The molecule has 0 aliphatic carbocycles. The highest BCUT2D eigenvalue weighted by Gasteiger charge is 2.16. The highest BCUT2D eigenvalue weighted by molar-refractivity contribution is 6.00. The molecule has 130 valence electrons. The molecule has 0 bridgehead atoms. The van der Waals surface area contributed by atoms with Crippen LogP contribution in [0.4, 0.5) is 11.6 Å². The van der Waals surface area contributed by atoms with Gasteiger partial charge in [0, 0.05) is 26.8 Å². The maximum atomic E-state index is 6.10. The molecule has 0 saturated carbocycles. The fraction of sp³-hybridized carbons (Fsp3) is 0.278. The number of methoxy groups -OCH3 is 2. The summed E-state index contributed by atoms with van der Waals surface area (Å²) >= 11 is 0. The largest absolute Gasteiger partial charge is 0.383 e. The summed E-state index contributed by atoms with van der Waals surface area (Å²) in [7, 11) is 5.15. The van der Waals surface area contributed by atoms with Crippen LogP contribution in [0.15, 0.2) is 42.7 Å². The molecule has 25 heavy (non-hydrogen) atoms. The maximum absolute atomic E-state index is 6.10. The highest BCUT2D eigenvalue weighted by atomic mass is 16.7. The van der Waals surface area contributed by atoms with Gasteiger partial charge in [-0.25, -0.2) is 15.0 Å². The number of hydrogen-bond acceptors (Lipinski definition) is 7. The van der Waals surface area contributed by atoms with Crippen LogP contribution in [0.1, 0.15) is 0 Å². The van der Waals surface area contributed by atoms with Crippen molar-refractivity contribution in [2.24, 2.45) is 0 Å². The topological polar surface area (TPSA) is 86.4 Å². The molecule has 0 spiro atoms. The number of nitrogen functional groups attached to an aromatic ring is 1. The quantitative estimate of drug-likeness (QED) is 0.690. The molecule has 0 fully saturated rings. The molecule has 0 aliphatic rings. The number of nitrogens with zero attached hydrogens (tertiary/aromatic N) is 4. The van der Waals surface area contributed by atoms with Crippen LogP contribution in [0, 0.1) is 0 Å². The summed E-state index contributed by atoms with van der Waals surface area (Å²) in [6, 6.07) is 12.0. The number of fused-ring (bicyclic) bond motifs is 1. The van der Waals surface area contributed by atoms with Gasteiger partial charge in [-0.1, -0.05) is 30.3 Å². The minimum absolute atomic E-state index is 0.349. The molecule has 0 aliphatic heterocycles. The Morgan fingerprint density at radius 2 is 1.84 bits per heavy atom. The molecule has 0 atom stereocenters. The number of aromatic nitrogens is 3. The van der Waals surface area contributed by atoms with Gasteiger partial charge in [0.2, 0.25) is 0 Å². The molecule has 3 rings (SSSR count). The molecule has 3 aromatic rings. The molecule has 0 unspecified atom stereocenters. The molecule has 1 aromatic carbocycles. The minimum atomic E-state index is -0.349. The van der Waals surface area contributed by atoms with E-state index in [0.717, 1.165) is 22.3 Å². The van der Waals surface area contributed by atoms with Crippen molar-refractivity contribution >= 4 is 22.7 Å². The fourth-order valence-electron chi connectivity index (χ4n) is 2.68. The van der Waals surface area contributed by atoms with Gasteiger partial charge in [0.15, 0.2) is 11.9 Å². The van der Waals surface area contributed by atoms with Gasteiger partial charge in [0.05, 0.1) is 11.9 Å². The van der Waals surface area contributed by atoms with Gasteiger partial charge in [-0.15, -0.1) is 0 Å². The molecule has 2 N–H and O–H groups in total. The number of rotatable bonds is 6. The Labute approximate surface area is 146 Å². The summed E-state index contributed by atoms with van der Waals surface area (Å²) in [6.07, 6.45) is 1.08. The standard InChI is InChI=1S/C18H21N5O2/c1-23(10-15(24-2)25-3)14-9-13(12-7-5-4-6-8-12)16-17(19)20-11-21-18(16)22-14/h4-9,11,15H,10H2,1-3H3,(H2,19,20,21,22). The van der Waals surface area contributed by atoms with E-state index in [1.165, 1.54) is 6.33 Å². The number of benzene rings is 1. The molecule has 7 heteroatoms. The lowest BCUT2D eigenvalue weighted by Gasteiger charge is -2.24. The van der Waals surface area contributed by atoms with Crippen LogP contribution in [-0.2, 0) is 9.47 Å². The Morgan fingerprint density at radius 1 is 1.12 bits per heavy atom. The molecule has 0 saturated heterocycles. The average molecular weight is 339 g/mol. The summed E-state index contributed by atoms with van der Waals surface area (Å²) in [5.41, 5.74) is 8.63.